The first-order valence-electron chi connectivity index (χ1n) is 8.59. The molecule has 0 amide bonds. The van der Waals surface area contributed by atoms with Crippen LogP contribution in [0.1, 0.15) is 5.76 Å². The highest BCUT2D eigenvalue weighted by molar-refractivity contribution is 9.10. The summed E-state index contributed by atoms with van der Waals surface area (Å²) in [5.41, 5.74) is 3.00. The molecule has 4 rings (SSSR count). The average molecular weight is 417 g/mol. The third-order valence-electron chi connectivity index (χ3n) is 4.06. The van der Waals surface area contributed by atoms with Crippen molar-refractivity contribution in [3.63, 3.8) is 0 Å². The predicted octanol–water partition coefficient (Wildman–Crippen LogP) is 6.88. The van der Waals surface area contributed by atoms with Gasteiger partial charge in [-0.3, -0.25) is 0 Å². The zero-order chi connectivity index (χ0) is 18.5. The lowest BCUT2D eigenvalue weighted by atomic mass is 10.2. The van der Waals surface area contributed by atoms with Gasteiger partial charge in [-0.2, -0.15) is 5.10 Å². The van der Waals surface area contributed by atoms with Crippen molar-refractivity contribution in [1.29, 1.82) is 0 Å². The Labute approximate surface area is 166 Å². The molecule has 0 fully saturated rings. The predicted molar refractivity (Wildman–Crippen MR) is 114 cm³/mol. The summed E-state index contributed by atoms with van der Waals surface area (Å²) in [4.78, 5) is 0. The molecule has 0 bridgehead atoms. The summed E-state index contributed by atoms with van der Waals surface area (Å²) in [6.45, 7) is 0. The number of hydrogen-bond donors (Lipinski definition) is 0. The van der Waals surface area contributed by atoms with Crippen LogP contribution in [0.3, 0.4) is 0 Å². The maximum Gasteiger partial charge on any atom is 0.147 e. The minimum Gasteiger partial charge on any atom is -0.455 e. The fraction of sp³-hybridized carbons (Fsp3) is 0. The summed E-state index contributed by atoms with van der Waals surface area (Å²) in [6.07, 6.45) is 1.74. The highest BCUT2D eigenvalue weighted by Gasteiger charge is 2.08. The third kappa shape index (κ3) is 4.18. The lowest BCUT2D eigenvalue weighted by Crippen LogP contribution is -2.08. The SMILES string of the molecule is Brc1ccc(-c2ccc(C=NN(c3ccccc3)c3ccccc3)o2)cc1. The zero-order valence-electron chi connectivity index (χ0n) is 14.5. The van der Waals surface area contributed by atoms with Gasteiger partial charge in [0.25, 0.3) is 0 Å². The van der Waals surface area contributed by atoms with Gasteiger partial charge in [0.1, 0.15) is 11.5 Å². The number of halogens is 1. The second-order valence-corrected chi connectivity index (χ2v) is 6.85. The number of rotatable bonds is 5. The van der Waals surface area contributed by atoms with Crippen molar-refractivity contribution < 1.29 is 4.42 Å². The Morgan fingerprint density at radius 2 is 1.30 bits per heavy atom. The van der Waals surface area contributed by atoms with Crippen molar-refractivity contribution in [3.05, 3.63) is 107 Å². The molecule has 0 aliphatic heterocycles. The van der Waals surface area contributed by atoms with Gasteiger partial charge in [0.05, 0.1) is 17.6 Å². The van der Waals surface area contributed by atoms with Crippen LogP contribution in [-0.4, -0.2) is 6.21 Å². The Balaban J connectivity index is 1.62. The topological polar surface area (TPSA) is 28.7 Å². The van der Waals surface area contributed by atoms with E-state index in [2.05, 4.69) is 21.0 Å². The van der Waals surface area contributed by atoms with Crippen LogP contribution in [0.4, 0.5) is 11.4 Å². The van der Waals surface area contributed by atoms with Crippen LogP contribution in [0.2, 0.25) is 0 Å². The monoisotopic (exact) mass is 416 g/mol. The van der Waals surface area contributed by atoms with Gasteiger partial charge in [-0.15, -0.1) is 0 Å². The molecule has 4 heteroatoms. The molecule has 4 aromatic rings. The third-order valence-corrected chi connectivity index (χ3v) is 4.59. The number of anilines is 2. The van der Waals surface area contributed by atoms with E-state index in [-0.39, 0.29) is 0 Å². The van der Waals surface area contributed by atoms with E-state index in [9.17, 15) is 0 Å². The second-order valence-electron chi connectivity index (χ2n) is 5.94. The Bertz CT molecular complexity index is 985. The molecule has 0 radical (unpaired) electrons. The maximum atomic E-state index is 5.94. The molecule has 132 valence electrons. The standard InChI is InChI=1S/C23H17BrN2O/c24-19-13-11-18(12-14-19)23-16-15-22(27-23)17-25-26(20-7-3-1-4-8-20)21-9-5-2-6-10-21/h1-17H. The minimum atomic E-state index is 0.699. The highest BCUT2D eigenvalue weighted by Crippen LogP contribution is 2.26. The molecule has 27 heavy (non-hydrogen) atoms. The normalized spacial score (nSPS) is 11.0. The molecule has 3 nitrogen and oxygen atoms in total. The summed E-state index contributed by atoms with van der Waals surface area (Å²) in [7, 11) is 0. The van der Waals surface area contributed by atoms with E-state index in [0.29, 0.717) is 5.76 Å². The average Bonchev–Trinajstić information content (AvgIpc) is 3.19. The van der Waals surface area contributed by atoms with Gasteiger partial charge in [0.15, 0.2) is 0 Å². The molecule has 0 spiro atoms. The lowest BCUT2D eigenvalue weighted by Gasteiger charge is -2.18. The van der Waals surface area contributed by atoms with Gasteiger partial charge in [-0.05, 0) is 48.5 Å². The van der Waals surface area contributed by atoms with Crippen LogP contribution in [0, 0.1) is 0 Å². The van der Waals surface area contributed by atoms with Crippen LogP contribution in [0.15, 0.2) is 111 Å². The van der Waals surface area contributed by atoms with Crippen LogP contribution >= 0.6 is 15.9 Å². The summed E-state index contributed by atoms with van der Waals surface area (Å²) in [6, 6.07) is 32.0. The quantitative estimate of drug-likeness (QED) is 0.262. The number of benzene rings is 3. The summed E-state index contributed by atoms with van der Waals surface area (Å²) in [5, 5.41) is 6.55. The van der Waals surface area contributed by atoms with Crippen LogP contribution < -0.4 is 5.01 Å². The lowest BCUT2D eigenvalue weighted by molar-refractivity contribution is 0.575. The van der Waals surface area contributed by atoms with Crippen molar-refractivity contribution >= 4 is 33.5 Å². The molecule has 0 aliphatic rings. The number of para-hydroxylation sites is 2. The molecule has 3 aromatic carbocycles. The molecule has 0 saturated heterocycles. The summed E-state index contributed by atoms with van der Waals surface area (Å²) < 4.78 is 6.98. The molecule has 0 saturated carbocycles. The van der Waals surface area contributed by atoms with E-state index in [1.807, 2.05) is 102 Å². The van der Waals surface area contributed by atoms with E-state index in [0.717, 1.165) is 27.2 Å². The first kappa shape index (κ1) is 17.3. The number of furan rings is 1. The molecule has 0 unspecified atom stereocenters. The van der Waals surface area contributed by atoms with E-state index in [1.54, 1.807) is 6.21 Å². The van der Waals surface area contributed by atoms with Gasteiger partial charge >= 0.3 is 0 Å². The fourth-order valence-corrected chi connectivity index (χ4v) is 2.99. The second kappa shape index (κ2) is 8.06. The zero-order valence-corrected chi connectivity index (χ0v) is 16.1. The minimum absolute atomic E-state index is 0.699. The first-order chi connectivity index (χ1) is 13.3. The highest BCUT2D eigenvalue weighted by atomic mass is 79.9. The molecule has 0 N–H and O–H groups in total. The van der Waals surface area contributed by atoms with Crippen LogP contribution in [0.5, 0.6) is 0 Å². The van der Waals surface area contributed by atoms with E-state index in [1.165, 1.54) is 0 Å². The van der Waals surface area contributed by atoms with Crippen molar-refractivity contribution in [2.75, 3.05) is 5.01 Å². The molecule has 0 atom stereocenters. The summed E-state index contributed by atoms with van der Waals surface area (Å²) >= 11 is 3.45. The Hall–Kier alpha value is -3.11. The van der Waals surface area contributed by atoms with E-state index < -0.39 is 0 Å². The van der Waals surface area contributed by atoms with Crippen LogP contribution in [0.25, 0.3) is 11.3 Å². The maximum absolute atomic E-state index is 5.94. The molecular formula is C23H17BrN2O. The van der Waals surface area contributed by atoms with Gasteiger partial charge < -0.3 is 4.42 Å². The van der Waals surface area contributed by atoms with E-state index >= 15 is 0 Å². The Morgan fingerprint density at radius 1 is 0.704 bits per heavy atom. The number of nitrogens with zero attached hydrogens (tertiary/aromatic N) is 2. The largest absolute Gasteiger partial charge is 0.455 e. The van der Waals surface area contributed by atoms with Gasteiger partial charge in [-0.25, -0.2) is 5.01 Å². The number of hydrazone groups is 1. The Kier molecular flexibility index (Phi) is 5.17. The molecular weight excluding hydrogens is 400 g/mol. The molecule has 1 aromatic heterocycles. The molecule has 0 aliphatic carbocycles. The van der Waals surface area contributed by atoms with E-state index in [4.69, 9.17) is 4.42 Å². The fourth-order valence-electron chi connectivity index (χ4n) is 2.73. The first-order valence-corrected chi connectivity index (χ1v) is 9.39. The van der Waals surface area contributed by atoms with Gasteiger partial charge in [0, 0.05) is 10.0 Å². The van der Waals surface area contributed by atoms with Crippen molar-refractivity contribution in [1.82, 2.24) is 0 Å². The van der Waals surface area contributed by atoms with Crippen LogP contribution in [-0.2, 0) is 0 Å². The van der Waals surface area contributed by atoms with Crippen molar-refractivity contribution in [2.45, 2.75) is 0 Å². The smallest absolute Gasteiger partial charge is 0.147 e. The summed E-state index contributed by atoms with van der Waals surface area (Å²) in [5.74, 6) is 1.51. The Morgan fingerprint density at radius 3 is 1.89 bits per heavy atom. The molecule has 1 heterocycles. The van der Waals surface area contributed by atoms with Gasteiger partial charge in [-0.1, -0.05) is 64.5 Å². The van der Waals surface area contributed by atoms with Gasteiger partial charge in [0.2, 0.25) is 0 Å². The van der Waals surface area contributed by atoms with Crippen molar-refractivity contribution in [3.8, 4) is 11.3 Å². The van der Waals surface area contributed by atoms with Crippen molar-refractivity contribution in [2.24, 2.45) is 5.10 Å². The number of hydrogen-bond acceptors (Lipinski definition) is 3.